The third kappa shape index (κ3) is 4.62. The van der Waals surface area contributed by atoms with Crippen molar-refractivity contribution < 1.29 is 32.3 Å². The highest BCUT2D eigenvalue weighted by atomic mass is 35.5. The number of benzene rings is 2. The van der Waals surface area contributed by atoms with E-state index < -0.39 is 53.4 Å². The molecule has 0 spiro atoms. The zero-order valence-electron chi connectivity index (χ0n) is 19.5. The van der Waals surface area contributed by atoms with Gasteiger partial charge in [0.15, 0.2) is 5.54 Å². The number of rotatable bonds is 7. The molecule has 8 nitrogen and oxygen atoms in total. The molecule has 1 fully saturated rings. The normalized spacial score (nSPS) is 19.0. The Bertz CT molecular complexity index is 1220. The molecule has 0 bridgehead atoms. The number of likely N-dealkylation sites (N-methyl/N-ethyl adjacent to an activating group) is 1. The largest absolute Gasteiger partial charge is 0.461 e. The van der Waals surface area contributed by atoms with Crippen molar-refractivity contribution in [1.82, 2.24) is 9.74 Å². The number of esters is 1. The molecule has 0 aliphatic carbocycles. The summed E-state index contributed by atoms with van der Waals surface area (Å²) in [6.07, 6.45) is -4.90. The number of halogens is 4. The number of imide groups is 1. The van der Waals surface area contributed by atoms with Gasteiger partial charge in [-0.2, -0.15) is 18.4 Å². The van der Waals surface area contributed by atoms with Crippen LogP contribution in [-0.4, -0.2) is 42.5 Å². The minimum Gasteiger partial charge on any atom is -0.461 e. The summed E-state index contributed by atoms with van der Waals surface area (Å²) in [5.41, 5.74) is -3.91. The molecule has 1 saturated heterocycles. The Morgan fingerprint density at radius 2 is 1.83 bits per heavy atom. The average Bonchev–Trinajstić information content (AvgIpc) is 3.03. The second-order valence-electron chi connectivity index (χ2n) is 8.49. The minimum atomic E-state index is -4.90. The Balaban J connectivity index is 2.11. The lowest BCUT2D eigenvalue weighted by Gasteiger charge is -2.33. The summed E-state index contributed by atoms with van der Waals surface area (Å²) >= 11 is 5.66. The Morgan fingerprint density at radius 1 is 1.19 bits per heavy atom. The van der Waals surface area contributed by atoms with Crippen molar-refractivity contribution in [2.45, 2.75) is 31.6 Å². The molecule has 1 N–H and O–H groups in total. The molecule has 0 aromatic heterocycles. The van der Waals surface area contributed by atoms with Gasteiger partial charge in [-0.05, 0) is 41.5 Å². The van der Waals surface area contributed by atoms with Crippen molar-refractivity contribution in [2.75, 3.05) is 18.6 Å². The number of nitrogens with zero attached hydrogens (tertiary/aromatic N) is 3. The third-order valence-corrected chi connectivity index (χ3v) is 6.24. The van der Waals surface area contributed by atoms with Gasteiger partial charge in [0.25, 0.3) is 5.91 Å². The van der Waals surface area contributed by atoms with E-state index in [-0.39, 0.29) is 17.2 Å². The summed E-state index contributed by atoms with van der Waals surface area (Å²) in [6, 6.07) is 10.1. The van der Waals surface area contributed by atoms with Gasteiger partial charge in [0.1, 0.15) is 12.6 Å². The molecular formula is C24H22ClF3N4O4. The maximum Gasteiger partial charge on any atom is 0.417 e. The first-order valence-corrected chi connectivity index (χ1v) is 11.1. The number of hydrogen-bond acceptors (Lipinski definition) is 6. The fourth-order valence-corrected chi connectivity index (χ4v) is 4.28. The Hall–Kier alpha value is -3.62. The van der Waals surface area contributed by atoms with Crippen molar-refractivity contribution in [3.8, 4) is 6.07 Å². The van der Waals surface area contributed by atoms with Crippen LogP contribution in [0.5, 0.6) is 0 Å². The van der Waals surface area contributed by atoms with E-state index in [4.69, 9.17) is 21.8 Å². The van der Waals surface area contributed by atoms with E-state index in [1.807, 2.05) is 0 Å². The van der Waals surface area contributed by atoms with Crippen molar-refractivity contribution in [3.63, 3.8) is 0 Å². The van der Waals surface area contributed by atoms with Crippen molar-refractivity contribution in [3.05, 3.63) is 65.2 Å². The molecule has 0 unspecified atom stereocenters. The molecule has 2 aromatic carbocycles. The first kappa shape index (κ1) is 27.0. The number of nitriles is 1. The van der Waals surface area contributed by atoms with Crippen LogP contribution in [0, 0.1) is 17.2 Å². The highest BCUT2D eigenvalue weighted by molar-refractivity contribution is 6.23. The predicted octanol–water partition coefficient (Wildman–Crippen LogP) is 4.18. The average molecular weight is 523 g/mol. The molecule has 1 aliphatic rings. The smallest absolute Gasteiger partial charge is 0.417 e. The van der Waals surface area contributed by atoms with Gasteiger partial charge in [-0.15, -0.1) is 0 Å². The Labute approximate surface area is 210 Å². The molecule has 2 aromatic rings. The van der Waals surface area contributed by atoms with Gasteiger partial charge < -0.3 is 9.64 Å². The fourth-order valence-electron chi connectivity index (χ4n) is 3.94. The summed E-state index contributed by atoms with van der Waals surface area (Å²) in [5.74, 6) is -1.97. The molecule has 3 rings (SSSR count). The lowest BCUT2D eigenvalue weighted by atomic mass is 9.89. The van der Waals surface area contributed by atoms with Crippen molar-refractivity contribution in [1.29, 1.82) is 5.26 Å². The van der Waals surface area contributed by atoms with Crippen LogP contribution in [0.1, 0.15) is 30.5 Å². The van der Waals surface area contributed by atoms with E-state index in [1.165, 1.54) is 13.1 Å². The lowest BCUT2D eigenvalue weighted by Crippen LogP contribution is -2.50. The number of alkyl halides is 3. The van der Waals surface area contributed by atoms with E-state index in [9.17, 15) is 27.6 Å². The third-order valence-electron chi connectivity index (χ3n) is 6.01. The number of nitrogens with one attached hydrogen (secondary N) is 1. The minimum absolute atomic E-state index is 0.266. The Morgan fingerprint density at radius 3 is 2.36 bits per heavy atom. The Kier molecular flexibility index (Phi) is 7.62. The van der Waals surface area contributed by atoms with Crippen LogP contribution in [0.2, 0.25) is 0 Å². The van der Waals surface area contributed by atoms with Gasteiger partial charge in [-0.1, -0.05) is 44.2 Å². The highest BCUT2D eigenvalue weighted by Gasteiger charge is 2.58. The fraction of sp³-hybridized carbons (Fsp3) is 0.333. The summed E-state index contributed by atoms with van der Waals surface area (Å²) in [5, 5.41) is 9.07. The summed E-state index contributed by atoms with van der Waals surface area (Å²) in [6.45, 7) is 2.82. The first-order valence-electron chi connectivity index (χ1n) is 10.7. The predicted molar refractivity (Wildman–Crippen MR) is 123 cm³/mol. The van der Waals surface area contributed by atoms with E-state index in [0.29, 0.717) is 11.0 Å². The monoisotopic (exact) mass is 522 g/mol. The number of urea groups is 1. The summed E-state index contributed by atoms with van der Waals surface area (Å²) < 4.78 is 46.1. The molecule has 190 valence electrons. The second-order valence-corrected chi connectivity index (χ2v) is 8.70. The van der Waals surface area contributed by atoms with Crippen LogP contribution < -0.4 is 9.74 Å². The van der Waals surface area contributed by atoms with E-state index in [0.717, 1.165) is 17.0 Å². The molecular weight excluding hydrogens is 501 g/mol. The number of hydrogen-bond donors (Lipinski definition) is 1. The molecule has 0 radical (unpaired) electrons. The lowest BCUT2D eigenvalue weighted by molar-refractivity contribution is -0.152. The topological polar surface area (TPSA) is 103 Å². The number of carbonyl (C=O) groups excluding carboxylic acids is 3. The van der Waals surface area contributed by atoms with Crippen LogP contribution in [0.25, 0.3) is 0 Å². The van der Waals surface area contributed by atoms with Gasteiger partial charge >= 0.3 is 18.2 Å². The number of ether oxygens (including phenoxy) is 1. The maximum atomic E-state index is 13.8. The second kappa shape index (κ2) is 10.2. The standard InChI is InChI=1S/C24H22ClF3N4O4/c1-14(2)19(30-25)20(33)36-13-23(16-7-5-4-6-8-16)21(34)32(22(35)31(23)3)17-10-9-15(12-29)18(11-17)24(26,27)28/h4-11,14,19,30H,13H2,1-3H3/t19-,23+/m0/s1. The molecule has 3 amide bonds. The van der Waals surface area contributed by atoms with Crippen LogP contribution in [0.15, 0.2) is 48.5 Å². The molecule has 36 heavy (non-hydrogen) atoms. The highest BCUT2D eigenvalue weighted by Crippen LogP contribution is 2.41. The van der Waals surface area contributed by atoms with Crippen molar-refractivity contribution >= 4 is 35.4 Å². The van der Waals surface area contributed by atoms with Crippen LogP contribution in [0.4, 0.5) is 23.7 Å². The SMILES string of the molecule is CC(C)[C@H](NCl)C(=O)OC[C@@]1(c2ccccc2)C(=O)N(c2ccc(C#N)c(C(F)(F)F)c2)C(=O)N1C. The number of amides is 3. The van der Waals surface area contributed by atoms with Gasteiger partial charge in [-0.25, -0.2) is 14.5 Å². The molecule has 12 heteroatoms. The van der Waals surface area contributed by atoms with Gasteiger partial charge in [-0.3, -0.25) is 9.59 Å². The van der Waals surface area contributed by atoms with Crippen LogP contribution in [-0.2, 0) is 26.0 Å². The van der Waals surface area contributed by atoms with Crippen molar-refractivity contribution in [2.24, 2.45) is 5.92 Å². The number of carbonyl (C=O) groups is 3. The zero-order valence-corrected chi connectivity index (χ0v) is 20.2. The maximum absolute atomic E-state index is 13.8. The zero-order chi connectivity index (χ0) is 26.8. The quantitative estimate of drug-likeness (QED) is 0.332. The van der Waals surface area contributed by atoms with Gasteiger partial charge in [0, 0.05) is 7.05 Å². The van der Waals surface area contributed by atoms with Gasteiger partial charge in [0.05, 0.1) is 22.9 Å². The van der Waals surface area contributed by atoms with Crippen LogP contribution >= 0.6 is 11.8 Å². The first-order chi connectivity index (χ1) is 16.9. The summed E-state index contributed by atoms with van der Waals surface area (Å²) in [7, 11) is 1.29. The van der Waals surface area contributed by atoms with Crippen LogP contribution in [0.3, 0.4) is 0 Å². The summed E-state index contributed by atoms with van der Waals surface area (Å²) in [4.78, 5) is 43.7. The van der Waals surface area contributed by atoms with E-state index in [2.05, 4.69) is 4.84 Å². The van der Waals surface area contributed by atoms with Gasteiger partial charge in [0.2, 0.25) is 0 Å². The van der Waals surface area contributed by atoms with E-state index >= 15 is 0 Å². The molecule has 0 saturated carbocycles. The van der Waals surface area contributed by atoms with E-state index in [1.54, 1.807) is 44.2 Å². The molecule has 1 aliphatic heterocycles. The number of anilines is 1. The molecule has 1 heterocycles. The molecule has 2 atom stereocenters.